The van der Waals surface area contributed by atoms with E-state index in [9.17, 15) is 0 Å². The van der Waals surface area contributed by atoms with E-state index in [1.165, 1.54) is 45.3 Å². The van der Waals surface area contributed by atoms with Crippen LogP contribution in [0, 0.1) is 23.2 Å². The predicted molar refractivity (Wildman–Crippen MR) is 85.2 cm³/mol. The maximum Gasteiger partial charge on any atom is 0.00503 e. The van der Waals surface area contributed by atoms with Crippen LogP contribution in [-0.2, 0) is 0 Å². The number of rotatable bonds is 7. The molecule has 0 aromatic carbocycles. The van der Waals surface area contributed by atoms with Crippen LogP contribution < -0.4 is 5.73 Å². The third-order valence-electron chi connectivity index (χ3n) is 4.57. The fourth-order valence-corrected chi connectivity index (χ4v) is 3.51. The molecule has 2 heteroatoms. The van der Waals surface area contributed by atoms with Crippen LogP contribution in [0.15, 0.2) is 0 Å². The van der Waals surface area contributed by atoms with Gasteiger partial charge in [0, 0.05) is 19.6 Å². The Morgan fingerprint density at radius 1 is 1.05 bits per heavy atom. The zero-order valence-electron chi connectivity index (χ0n) is 13.9. The summed E-state index contributed by atoms with van der Waals surface area (Å²) in [4.78, 5) is 2.68. The van der Waals surface area contributed by atoms with Gasteiger partial charge in [-0.25, -0.2) is 0 Å². The van der Waals surface area contributed by atoms with Gasteiger partial charge in [0.1, 0.15) is 0 Å². The third-order valence-corrected chi connectivity index (χ3v) is 4.57. The van der Waals surface area contributed by atoms with Gasteiger partial charge in [-0.2, -0.15) is 0 Å². The second-order valence-corrected chi connectivity index (χ2v) is 7.87. The summed E-state index contributed by atoms with van der Waals surface area (Å²) >= 11 is 0. The van der Waals surface area contributed by atoms with Crippen molar-refractivity contribution >= 4 is 0 Å². The van der Waals surface area contributed by atoms with E-state index in [0.717, 1.165) is 24.3 Å². The Morgan fingerprint density at radius 2 is 1.53 bits per heavy atom. The van der Waals surface area contributed by atoms with E-state index in [4.69, 9.17) is 5.73 Å². The molecule has 0 saturated heterocycles. The van der Waals surface area contributed by atoms with Gasteiger partial charge in [0.15, 0.2) is 0 Å². The van der Waals surface area contributed by atoms with Crippen molar-refractivity contribution in [2.45, 2.75) is 60.3 Å². The molecule has 1 aliphatic rings. The van der Waals surface area contributed by atoms with E-state index in [0.29, 0.717) is 5.41 Å². The first kappa shape index (κ1) is 17.0. The van der Waals surface area contributed by atoms with Gasteiger partial charge >= 0.3 is 0 Å². The van der Waals surface area contributed by atoms with E-state index in [1.54, 1.807) is 0 Å². The lowest BCUT2D eigenvalue weighted by Crippen LogP contribution is -2.46. The topological polar surface area (TPSA) is 29.3 Å². The van der Waals surface area contributed by atoms with Crippen LogP contribution in [0.3, 0.4) is 0 Å². The Balaban J connectivity index is 2.63. The highest BCUT2D eigenvalue weighted by Crippen LogP contribution is 2.39. The summed E-state index contributed by atoms with van der Waals surface area (Å²) in [6.07, 6.45) is 5.40. The number of nitrogens with two attached hydrogens (primary N) is 1. The summed E-state index contributed by atoms with van der Waals surface area (Å²) in [5.74, 6) is 2.40. The fraction of sp³-hybridized carbons (Fsp3) is 1.00. The van der Waals surface area contributed by atoms with Crippen LogP contribution in [0.4, 0.5) is 0 Å². The third kappa shape index (κ3) is 5.83. The van der Waals surface area contributed by atoms with Crippen molar-refractivity contribution in [1.29, 1.82) is 0 Å². The number of nitrogens with zero attached hydrogens (tertiary/aromatic N) is 1. The normalized spacial score (nSPS) is 28.6. The lowest BCUT2D eigenvalue weighted by molar-refractivity contribution is 0.0811. The molecule has 0 atom stereocenters. The van der Waals surface area contributed by atoms with Gasteiger partial charge in [0.05, 0.1) is 0 Å². The molecule has 0 spiro atoms. The second kappa shape index (κ2) is 7.64. The van der Waals surface area contributed by atoms with Crippen molar-refractivity contribution in [3.05, 3.63) is 0 Å². The quantitative estimate of drug-likeness (QED) is 0.762. The van der Waals surface area contributed by atoms with E-state index in [1.807, 2.05) is 0 Å². The average Bonchev–Trinajstić information content (AvgIpc) is 2.31. The number of hydrogen-bond donors (Lipinski definition) is 1. The molecular formula is C17H36N2. The molecule has 1 aliphatic carbocycles. The van der Waals surface area contributed by atoms with Gasteiger partial charge in [-0.15, -0.1) is 0 Å². The zero-order valence-corrected chi connectivity index (χ0v) is 13.9. The van der Waals surface area contributed by atoms with Crippen LogP contribution in [0.5, 0.6) is 0 Å². The Morgan fingerprint density at radius 3 is 1.89 bits per heavy atom. The second-order valence-electron chi connectivity index (χ2n) is 7.87. The Hall–Kier alpha value is -0.0800. The van der Waals surface area contributed by atoms with E-state index in [-0.39, 0.29) is 0 Å². The first-order valence-corrected chi connectivity index (χ1v) is 8.29. The molecule has 0 amide bonds. The molecule has 1 rings (SSSR count). The molecule has 2 N–H and O–H groups in total. The molecule has 0 radical (unpaired) electrons. The van der Waals surface area contributed by atoms with Gasteiger partial charge in [-0.1, -0.05) is 47.5 Å². The summed E-state index contributed by atoms with van der Waals surface area (Å²) in [6, 6.07) is 0. The van der Waals surface area contributed by atoms with Crippen molar-refractivity contribution in [3.63, 3.8) is 0 Å². The molecule has 114 valence electrons. The Kier molecular flexibility index (Phi) is 6.82. The summed E-state index contributed by atoms with van der Waals surface area (Å²) in [6.45, 7) is 16.2. The molecule has 0 aromatic heterocycles. The maximum absolute atomic E-state index is 6.17. The van der Waals surface area contributed by atoms with Gasteiger partial charge < -0.3 is 10.6 Å². The molecule has 1 saturated carbocycles. The molecule has 0 heterocycles. The highest BCUT2D eigenvalue weighted by molar-refractivity contribution is 4.88. The zero-order chi connectivity index (χ0) is 14.5. The van der Waals surface area contributed by atoms with Crippen molar-refractivity contribution in [3.8, 4) is 0 Å². The fourth-order valence-electron chi connectivity index (χ4n) is 3.51. The van der Waals surface area contributed by atoms with E-state index in [2.05, 4.69) is 39.5 Å². The molecule has 19 heavy (non-hydrogen) atoms. The molecule has 0 aromatic rings. The van der Waals surface area contributed by atoms with Gasteiger partial charge in [0.25, 0.3) is 0 Å². The summed E-state index contributed by atoms with van der Waals surface area (Å²) in [7, 11) is 0. The standard InChI is InChI=1S/C17H36N2/c1-14(2)10-19(11-15(3)4)13-17(12-18)8-6-16(5)7-9-17/h14-16H,6-13,18H2,1-5H3. The minimum atomic E-state index is 0.399. The predicted octanol–water partition coefficient (Wildman–Crippen LogP) is 3.76. The number of hydrogen-bond acceptors (Lipinski definition) is 2. The first-order chi connectivity index (χ1) is 8.87. The Bertz CT molecular complexity index is 230. The molecular weight excluding hydrogens is 232 g/mol. The summed E-state index contributed by atoms with van der Waals surface area (Å²) < 4.78 is 0. The van der Waals surface area contributed by atoms with Crippen molar-refractivity contribution < 1.29 is 0 Å². The summed E-state index contributed by atoms with van der Waals surface area (Å²) in [5.41, 5.74) is 6.57. The van der Waals surface area contributed by atoms with Crippen LogP contribution in [0.1, 0.15) is 60.3 Å². The summed E-state index contributed by atoms with van der Waals surface area (Å²) in [5, 5.41) is 0. The molecule has 1 fully saturated rings. The monoisotopic (exact) mass is 268 g/mol. The minimum absolute atomic E-state index is 0.399. The SMILES string of the molecule is CC(C)CN(CC(C)C)CC1(CN)CCC(C)CC1. The van der Waals surface area contributed by atoms with E-state index < -0.39 is 0 Å². The molecule has 0 bridgehead atoms. The van der Waals surface area contributed by atoms with Crippen LogP contribution >= 0.6 is 0 Å². The lowest BCUT2D eigenvalue weighted by Gasteiger charge is -2.43. The van der Waals surface area contributed by atoms with Gasteiger partial charge in [-0.05, 0) is 42.6 Å². The smallest absolute Gasteiger partial charge is 0.00503 e. The molecule has 2 nitrogen and oxygen atoms in total. The minimum Gasteiger partial charge on any atom is -0.330 e. The maximum atomic E-state index is 6.17. The largest absolute Gasteiger partial charge is 0.330 e. The van der Waals surface area contributed by atoms with Gasteiger partial charge in [0.2, 0.25) is 0 Å². The molecule has 0 unspecified atom stereocenters. The highest BCUT2D eigenvalue weighted by atomic mass is 15.1. The van der Waals surface area contributed by atoms with Crippen LogP contribution in [0.2, 0.25) is 0 Å². The van der Waals surface area contributed by atoms with Crippen molar-refractivity contribution in [2.75, 3.05) is 26.2 Å². The van der Waals surface area contributed by atoms with E-state index >= 15 is 0 Å². The van der Waals surface area contributed by atoms with Crippen molar-refractivity contribution in [2.24, 2.45) is 28.9 Å². The average molecular weight is 268 g/mol. The van der Waals surface area contributed by atoms with Crippen LogP contribution in [0.25, 0.3) is 0 Å². The van der Waals surface area contributed by atoms with Gasteiger partial charge in [-0.3, -0.25) is 0 Å². The first-order valence-electron chi connectivity index (χ1n) is 8.29. The molecule has 0 aliphatic heterocycles. The lowest BCUT2D eigenvalue weighted by atomic mass is 9.70. The van der Waals surface area contributed by atoms with Crippen molar-refractivity contribution in [1.82, 2.24) is 4.90 Å². The highest BCUT2D eigenvalue weighted by Gasteiger charge is 2.34. The Labute approximate surface area is 121 Å². The van der Waals surface area contributed by atoms with Crippen LogP contribution in [-0.4, -0.2) is 31.1 Å².